The van der Waals surface area contributed by atoms with Crippen LogP contribution in [0.25, 0.3) is 0 Å². The van der Waals surface area contributed by atoms with Crippen molar-refractivity contribution < 1.29 is 9.05 Å². The van der Waals surface area contributed by atoms with Gasteiger partial charge in [-0.25, -0.2) is 4.63 Å². The summed E-state index contributed by atoms with van der Waals surface area (Å²) in [6.45, 7) is 8.91. The predicted octanol–water partition coefficient (Wildman–Crippen LogP) is 3.53. The Morgan fingerprint density at radius 3 is 2.44 bits per heavy atom. The Kier molecular flexibility index (Phi) is 7.19. The predicted molar refractivity (Wildman–Crippen MR) is 103 cm³/mol. The Labute approximate surface area is 153 Å². The monoisotopic (exact) mass is 367 g/mol. The first-order valence-corrected chi connectivity index (χ1v) is 9.59. The minimum atomic E-state index is 0.167. The first-order valence-electron chi connectivity index (χ1n) is 8.44. The van der Waals surface area contributed by atoms with Crippen molar-refractivity contribution in [2.24, 2.45) is 5.41 Å². The van der Waals surface area contributed by atoms with Gasteiger partial charge in [-0.2, -0.15) is 11.8 Å². The number of nitrogens with one attached hydrogen (secondary N) is 2. The van der Waals surface area contributed by atoms with Crippen LogP contribution in [-0.2, 0) is 12.3 Å². The summed E-state index contributed by atoms with van der Waals surface area (Å²) in [4.78, 5) is 2.09. The molecule has 7 nitrogen and oxygen atoms in total. The summed E-state index contributed by atoms with van der Waals surface area (Å²) in [5.74, 6) is 5.14. The fraction of sp³-hybridized carbons (Fsp3) is 0.647. The second kappa shape index (κ2) is 9.15. The van der Waals surface area contributed by atoms with Gasteiger partial charge in [-0.3, -0.25) is 0 Å². The van der Waals surface area contributed by atoms with Crippen molar-refractivity contribution in [3.8, 4) is 0 Å². The molecule has 0 radical (unpaired) electrons. The van der Waals surface area contributed by atoms with Crippen LogP contribution < -0.4 is 10.6 Å². The molecular weight excluding hydrogens is 338 g/mol. The molecule has 2 rings (SSSR count). The minimum Gasteiger partial charge on any atom is -0.464 e. The topological polar surface area (TPSA) is 79.4 Å². The van der Waals surface area contributed by atoms with Crippen LogP contribution in [0.3, 0.4) is 0 Å². The SMILES string of the molecule is CN(C)Cc1ccc(CSCCNc2nonc2NCC(C)(C)C)o1. The molecule has 0 aliphatic rings. The summed E-state index contributed by atoms with van der Waals surface area (Å²) in [5.41, 5.74) is 0.167. The van der Waals surface area contributed by atoms with E-state index in [0.29, 0.717) is 11.6 Å². The molecule has 25 heavy (non-hydrogen) atoms. The van der Waals surface area contributed by atoms with Crippen LogP contribution in [-0.4, -0.2) is 48.2 Å². The van der Waals surface area contributed by atoms with Gasteiger partial charge in [-0.15, -0.1) is 0 Å². The molecule has 2 aromatic rings. The third-order valence-electron chi connectivity index (χ3n) is 3.25. The summed E-state index contributed by atoms with van der Waals surface area (Å²) < 4.78 is 10.6. The zero-order chi connectivity index (χ0) is 18.3. The molecule has 0 unspecified atom stereocenters. The Morgan fingerprint density at radius 1 is 1.08 bits per heavy atom. The van der Waals surface area contributed by atoms with E-state index >= 15 is 0 Å². The van der Waals surface area contributed by atoms with E-state index in [-0.39, 0.29) is 5.41 Å². The van der Waals surface area contributed by atoms with Crippen molar-refractivity contribution in [2.75, 3.05) is 43.6 Å². The number of nitrogens with zero attached hydrogens (tertiary/aromatic N) is 3. The first-order chi connectivity index (χ1) is 11.8. The van der Waals surface area contributed by atoms with Gasteiger partial charge in [0.15, 0.2) is 0 Å². The lowest BCUT2D eigenvalue weighted by molar-refractivity contribution is 0.309. The fourth-order valence-electron chi connectivity index (χ4n) is 2.08. The minimum absolute atomic E-state index is 0.167. The van der Waals surface area contributed by atoms with Crippen LogP contribution in [0.1, 0.15) is 32.3 Å². The molecule has 2 aromatic heterocycles. The number of hydrogen-bond donors (Lipinski definition) is 2. The molecule has 0 fully saturated rings. The number of anilines is 2. The van der Waals surface area contributed by atoms with E-state index in [1.807, 2.05) is 31.9 Å². The average molecular weight is 368 g/mol. The summed E-state index contributed by atoms with van der Waals surface area (Å²) in [5, 5.41) is 14.3. The lowest BCUT2D eigenvalue weighted by Gasteiger charge is -2.18. The molecule has 0 aliphatic heterocycles. The fourth-order valence-corrected chi connectivity index (χ4v) is 2.83. The molecule has 0 saturated carbocycles. The van der Waals surface area contributed by atoms with Crippen molar-refractivity contribution in [2.45, 2.75) is 33.1 Å². The van der Waals surface area contributed by atoms with Gasteiger partial charge in [0, 0.05) is 18.8 Å². The Hall–Kier alpha value is -1.67. The van der Waals surface area contributed by atoms with Gasteiger partial charge < -0.3 is 20.0 Å². The van der Waals surface area contributed by atoms with Gasteiger partial charge in [-0.05, 0) is 42.0 Å². The maximum absolute atomic E-state index is 5.80. The van der Waals surface area contributed by atoms with Gasteiger partial charge in [0.05, 0.1) is 12.3 Å². The lowest BCUT2D eigenvalue weighted by atomic mass is 9.97. The molecule has 140 valence electrons. The number of aromatic nitrogens is 2. The van der Waals surface area contributed by atoms with Crippen LogP contribution in [0.4, 0.5) is 11.6 Å². The highest BCUT2D eigenvalue weighted by Gasteiger charge is 2.14. The lowest BCUT2D eigenvalue weighted by Crippen LogP contribution is -2.20. The number of hydrogen-bond acceptors (Lipinski definition) is 8. The van der Waals surface area contributed by atoms with E-state index in [1.165, 1.54) is 0 Å². The van der Waals surface area contributed by atoms with Gasteiger partial charge >= 0.3 is 0 Å². The molecule has 2 heterocycles. The van der Waals surface area contributed by atoms with Crippen molar-refractivity contribution in [3.05, 3.63) is 23.7 Å². The third kappa shape index (κ3) is 7.39. The zero-order valence-corrected chi connectivity index (χ0v) is 16.6. The van der Waals surface area contributed by atoms with Crippen molar-refractivity contribution in [1.29, 1.82) is 0 Å². The Balaban J connectivity index is 1.66. The van der Waals surface area contributed by atoms with Gasteiger partial charge in [-0.1, -0.05) is 20.8 Å². The van der Waals surface area contributed by atoms with Crippen LogP contribution in [0.5, 0.6) is 0 Å². The van der Waals surface area contributed by atoms with Crippen LogP contribution in [0, 0.1) is 5.41 Å². The van der Waals surface area contributed by atoms with Crippen molar-refractivity contribution in [3.63, 3.8) is 0 Å². The maximum Gasteiger partial charge on any atom is 0.215 e. The van der Waals surface area contributed by atoms with E-state index in [0.717, 1.165) is 42.7 Å². The largest absolute Gasteiger partial charge is 0.464 e. The maximum atomic E-state index is 5.80. The zero-order valence-electron chi connectivity index (χ0n) is 15.8. The molecule has 0 aliphatic carbocycles. The Morgan fingerprint density at radius 2 is 1.76 bits per heavy atom. The smallest absolute Gasteiger partial charge is 0.215 e. The third-order valence-corrected chi connectivity index (χ3v) is 4.23. The summed E-state index contributed by atoms with van der Waals surface area (Å²) in [7, 11) is 4.07. The van der Waals surface area contributed by atoms with E-state index in [1.54, 1.807) is 0 Å². The van der Waals surface area contributed by atoms with Gasteiger partial charge in [0.2, 0.25) is 11.6 Å². The Bertz CT molecular complexity index is 633. The first kappa shape index (κ1) is 19.7. The molecule has 0 saturated heterocycles. The molecule has 0 amide bonds. The van der Waals surface area contributed by atoms with E-state index in [2.05, 4.69) is 52.7 Å². The summed E-state index contributed by atoms with van der Waals surface area (Å²) in [6, 6.07) is 4.09. The summed E-state index contributed by atoms with van der Waals surface area (Å²) in [6.07, 6.45) is 0. The average Bonchev–Trinajstić information content (AvgIpc) is 3.13. The van der Waals surface area contributed by atoms with E-state index < -0.39 is 0 Å². The molecule has 8 heteroatoms. The molecule has 2 N–H and O–H groups in total. The quantitative estimate of drug-likeness (QED) is 0.618. The number of rotatable bonds is 10. The highest BCUT2D eigenvalue weighted by Crippen LogP contribution is 2.20. The van der Waals surface area contributed by atoms with E-state index in [4.69, 9.17) is 9.05 Å². The normalized spacial score (nSPS) is 11.9. The summed E-state index contributed by atoms with van der Waals surface area (Å²) >= 11 is 1.81. The second-order valence-electron chi connectivity index (χ2n) is 7.46. The van der Waals surface area contributed by atoms with E-state index in [9.17, 15) is 0 Å². The van der Waals surface area contributed by atoms with Crippen molar-refractivity contribution >= 4 is 23.4 Å². The molecular formula is C17H29N5O2S. The highest BCUT2D eigenvalue weighted by molar-refractivity contribution is 7.98. The number of thioether (sulfide) groups is 1. The van der Waals surface area contributed by atoms with Crippen LogP contribution in [0.2, 0.25) is 0 Å². The van der Waals surface area contributed by atoms with Crippen molar-refractivity contribution in [1.82, 2.24) is 15.2 Å². The second-order valence-corrected chi connectivity index (χ2v) is 8.57. The van der Waals surface area contributed by atoms with Crippen LogP contribution >= 0.6 is 11.8 Å². The molecule has 0 atom stereocenters. The highest BCUT2D eigenvalue weighted by atomic mass is 32.2. The van der Waals surface area contributed by atoms with Gasteiger partial charge in [0.25, 0.3) is 0 Å². The standard InChI is InChI=1S/C17H29N5O2S/c1-17(2,3)12-19-16-15(20-24-21-16)18-8-9-25-11-14-7-6-13(23-14)10-22(4)5/h6-7H,8-12H2,1-5H3,(H,18,20)(H,19,21). The number of furan rings is 1. The van der Waals surface area contributed by atoms with Gasteiger partial charge in [0.1, 0.15) is 11.5 Å². The molecule has 0 spiro atoms. The van der Waals surface area contributed by atoms with Crippen LogP contribution in [0.15, 0.2) is 21.2 Å². The molecule has 0 aromatic carbocycles. The molecule has 0 bridgehead atoms.